The highest BCUT2D eigenvalue weighted by molar-refractivity contribution is 5.95. The van der Waals surface area contributed by atoms with Crippen molar-refractivity contribution in [2.45, 2.75) is 25.9 Å². The van der Waals surface area contributed by atoms with Crippen LogP contribution in [0.15, 0.2) is 54.9 Å². The molecule has 0 aliphatic carbocycles. The molecule has 7 nitrogen and oxygen atoms in total. The largest absolute Gasteiger partial charge is 0.495 e. The normalized spacial score (nSPS) is 20.8. The number of carbonyl (C=O) groups is 1. The SMILES string of the molecule is COc1ccccc1NC(=O)[C@@H]1[C@@H](C)Nc2ncnn2[C@H]1c1ccc(C)cc1. The van der Waals surface area contributed by atoms with Crippen molar-refractivity contribution in [1.29, 1.82) is 0 Å². The molecule has 3 aromatic rings. The number of para-hydroxylation sites is 2. The molecular formula is C21H23N5O2. The van der Waals surface area contributed by atoms with Gasteiger partial charge in [0.15, 0.2) is 0 Å². The third-order valence-corrected chi connectivity index (χ3v) is 5.16. The third-order valence-electron chi connectivity index (χ3n) is 5.16. The van der Waals surface area contributed by atoms with Crippen LogP contribution in [0.4, 0.5) is 11.6 Å². The molecule has 0 fully saturated rings. The van der Waals surface area contributed by atoms with Crippen molar-refractivity contribution in [3.63, 3.8) is 0 Å². The minimum atomic E-state index is -0.387. The van der Waals surface area contributed by atoms with E-state index in [9.17, 15) is 4.79 Å². The lowest BCUT2D eigenvalue weighted by molar-refractivity contribution is -0.121. The predicted octanol–water partition coefficient (Wildman–Crippen LogP) is 3.25. The van der Waals surface area contributed by atoms with Crippen molar-refractivity contribution in [2.75, 3.05) is 17.7 Å². The highest BCUT2D eigenvalue weighted by atomic mass is 16.5. The summed E-state index contributed by atoms with van der Waals surface area (Å²) in [4.78, 5) is 17.7. The van der Waals surface area contributed by atoms with E-state index in [1.807, 2.05) is 62.4 Å². The molecule has 0 saturated heterocycles. The Labute approximate surface area is 163 Å². The molecule has 0 bridgehead atoms. The van der Waals surface area contributed by atoms with Gasteiger partial charge < -0.3 is 15.4 Å². The molecule has 4 rings (SSSR count). The van der Waals surface area contributed by atoms with Gasteiger partial charge in [-0.25, -0.2) is 4.68 Å². The second-order valence-corrected chi connectivity index (χ2v) is 7.03. The Morgan fingerprint density at radius 3 is 2.68 bits per heavy atom. The van der Waals surface area contributed by atoms with E-state index in [-0.39, 0.29) is 23.9 Å². The summed E-state index contributed by atoms with van der Waals surface area (Å²) < 4.78 is 7.16. The Morgan fingerprint density at radius 2 is 1.93 bits per heavy atom. The van der Waals surface area contributed by atoms with Crippen LogP contribution >= 0.6 is 0 Å². The zero-order valence-electron chi connectivity index (χ0n) is 16.1. The molecule has 1 aliphatic rings. The molecule has 1 aromatic heterocycles. The van der Waals surface area contributed by atoms with Crippen LogP contribution in [-0.4, -0.2) is 33.8 Å². The molecule has 1 aliphatic heterocycles. The number of fused-ring (bicyclic) bond motifs is 1. The molecule has 1 amide bonds. The zero-order chi connectivity index (χ0) is 19.7. The Morgan fingerprint density at radius 1 is 1.18 bits per heavy atom. The lowest BCUT2D eigenvalue weighted by Crippen LogP contribution is -2.46. The quantitative estimate of drug-likeness (QED) is 0.729. The summed E-state index contributed by atoms with van der Waals surface area (Å²) in [5.74, 6) is 0.804. The highest BCUT2D eigenvalue weighted by Gasteiger charge is 2.41. The predicted molar refractivity (Wildman–Crippen MR) is 108 cm³/mol. The number of hydrogen-bond acceptors (Lipinski definition) is 5. The van der Waals surface area contributed by atoms with Gasteiger partial charge in [-0.15, -0.1) is 0 Å². The number of aryl methyl sites for hydroxylation is 1. The molecule has 3 atom stereocenters. The van der Waals surface area contributed by atoms with E-state index in [1.165, 1.54) is 11.9 Å². The lowest BCUT2D eigenvalue weighted by atomic mass is 9.85. The average Bonchev–Trinajstić information content (AvgIpc) is 3.16. The number of benzene rings is 2. The van der Waals surface area contributed by atoms with E-state index in [4.69, 9.17) is 4.74 Å². The minimum Gasteiger partial charge on any atom is -0.495 e. The molecule has 0 saturated carbocycles. The number of carbonyl (C=O) groups excluding carboxylic acids is 1. The fraction of sp³-hybridized carbons (Fsp3) is 0.286. The van der Waals surface area contributed by atoms with Gasteiger partial charge in [0.2, 0.25) is 11.9 Å². The molecule has 0 radical (unpaired) electrons. The van der Waals surface area contributed by atoms with Crippen molar-refractivity contribution in [3.05, 3.63) is 66.0 Å². The van der Waals surface area contributed by atoms with Crippen LogP contribution < -0.4 is 15.4 Å². The van der Waals surface area contributed by atoms with Gasteiger partial charge in [-0.3, -0.25) is 4.79 Å². The number of amides is 1. The summed E-state index contributed by atoms with van der Waals surface area (Å²) in [6.07, 6.45) is 1.51. The third kappa shape index (κ3) is 3.19. The number of rotatable bonds is 4. The Balaban J connectivity index is 1.72. The minimum absolute atomic E-state index is 0.101. The molecule has 0 unspecified atom stereocenters. The maximum atomic E-state index is 13.4. The summed E-state index contributed by atoms with van der Waals surface area (Å²) in [6.45, 7) is 4.04. The highest BCUT2D eigenvalue weighted by Crippen LogP contribution is 2.37. The second kappa shape index (κ2) is 7.34. The summed E-state index contributed by atoms with van der Waals surface area (Å²) in [5.41, 5.74) is 2.83. The summed E-state index contributed by atoms with van der Waals surface area (Å²) in [6, 6.07) is 15.2. The monoisotopic (exact) mass is 377 g/mol. The average molecular weight is 377 g/mol. The van der Waals surface area contributed by atoms with Gasteiger partial charge in [0.25, 0.3) is 0 Å². The number of nitrogens with zero attached hydrogens (tertiary/aromatic N) is 3. The van der Waals surface area contributed by atoms with Crippen LogP contribution in [0, 0.1) is 12.8 Å². The number of methoxy groups -OCH3 is 1. The van der Waals surface area contributed by atoms with Gasteiger partial charge in [0.05, 0.1) is 24.8 Å². The maximum Gasteiger partial charge on any atom is 0.232 e. The molecule has 144 valence electrons. The molecule has 0 spiro atoms. The topological polar surface area (TPSA) is 81.1 Å². The van der Waals surface area contributed by atoms with Crippen molar-refractivity contribution in [1.82, 2.24) is 14.8 Å². The lowest BCUT2D eigenvalue weighted by Gasteiger charge is -2.37. The standard InChI is InChI=1S/C21H23N5O2/c1-13-8-10-15(11-9-13)19-18(14(2)24-21-22-12-23-26(19)21)20(27)25-16-6-4-5-7-17(16)28-3/h4-12,14,18-19H,1-3H3,(H,25,27)(H,22,23,24)/t14-,18-,19+/m1/s1. The van der Waals surface area contributed by atoms with E-state index < -0.39 is 0 Å². The van der Waals surface area contributed by atoms with E-state index in [0.717, 1.165) is 5.56 Å². The molecule has 2 heterocycles. The van der Waals surface area contributed by atoms with Crippen LogP contribution in [0.25, 0.3) is 0 Å². The van der Waals surface area contributed by atoms with Crippen molar-refractivity contribution >= 4 is 17.5 Å². The molecule has 2 N–H and O–H groups in total. The van der Waals surface area contributed by atoms with Gasteiger partial charge in [0.1, 0.15) is 12.1 Å². The van der Waals surface area contributed by atoms with Crippen LogP contribution in [-0.2, 0) is 4.79 Å². The van der Waals surface area contributed by atoms with Crippen LogP contribution in [0.1, 0.15) is 24.1 Å². The Bertz CT molecular complexity index is 982. The summed E-state index contributed by atoms with van der Waals surface area (Å²) >= 11 is 0. The summed E-state index contributed by atoms with van der Waals surface area (Å²) in [5, 5.41) is 10.7. The number of ether oxygens (including phenoxy) is 1. The maximum absolute atomic E-state index is 13.4. The first-order valence-electron chi connectivity index (χ1n) is 9.25. The first kappa shape index (κ1) is 18.0. The smallest absolute Gasteiger partial charge is 0.232 e. The Hall–Kier alpha value is -3.35. The van der Waals surface area contributed by atoms with Gasteiger partial charge in [-0.1, -0.05) is 42.0 Å². The summed E-state index contributed by atoms with van der Waals surface area (Å²) in [7, 11) is 1.59. The number of anilines is 2. The van der Waals surface area contributed by atoms with E-state index in [2.05, 4.69) is 20.7 Å². The number of aromatic nitrogens is 3. The van der Waals surface area contributed by atoms with Gasteiger partial charge in [-0.2, -0.15) is 10.1 Å². The molecule has 2 aromatic carbocycles. The van der Waals surface area contributed by atoms with E-state index in [1.54, 1.807) is 11.8 Å². The van der Waals surface area contributed by atoms with Gasteiger partial charge in [-0.05, 0) is 31.5 Å². The van der Waals surface area contributed by atoms with E-state index in [0.29, 0.717) is 17.4 Å². The van der Waals surface area contributed by atoms with Crippen LogP contribution in [0.2, 0.25) is 0 Å². The Kier molecular flexibility index (Phi) is 4.73. The second-order valence-electron chi connectivity index (χ2n) is 7.03. The fourth-order valence-corrected chi connectivity index (χ4v) is 3.72. The van der Waals surface area contributed by atoms with Crippen molar-refractivity contribution < 1.29 is 9.53 Å². The number of hydrogen-bond donors (Lipinski definition) is 2. The van der Waals surface area contributed by atoms with E-state index >= 15 is 0 Å². The number of nitrogens with one attached hydrogen (secondary N) is 2. The van der Waals surface area contributed by atoms with Crippen molar-refractivity contribution in [2.24, 2.45) is 5.92 Å². The molecular weight excluding hydrogens is 354 g/mol. The fourth-order valence-electron chi connectivity index (χ4n) is 3.72. The van der Waals surface area contributed by atoms with Crippen LogP contribution in [0.5, 0.6) is 5.75 Å². The molecule has 7 heteroatoms. The van der Waals surface area contributed by atoms with Crippen LogP contribution in [0.3, 0.4) is 0 Å². The molecule has 28 heavy (non-hydrogen) atoms. The van der Waals surface area contributed by atoms with Gasteiger partial charge in [0, 0.05) is 6.04 Å². The van der Waals surface area contributed by atoms with Crippen molar-refractivity contribution in [3.8, 4) is 5.75 Å². The first-order valence-corrected chi connectivity index (χ1v) is 9.25. The zero-order valence-corrected chi connectivity index (χ0v) is 16.1. The van der Waals surface area contributed by atoms with Gasteiger partial charge >= 0.3 is 0 Å². The first-order chi connectivity index (χ1) is 13.6.